The number of hydrogen-bond acceptors (Lipinski definition) is 2. The first-order valence-electron chi connectivity index (χ1n) is 5.01. The Hall–Kier alpha value is -2.29. The molecule has 0 radical (unpaired) electrons. The Bertz CT molecular complexity index is 567. The van der Waals surface area contributed by atoms with E-state index in [1.54, 1.807) is 24.4 Å². The van der Waals surface area contributed by atoms with E-state index >= 15 is 0 Å². The zero-order valence-electron chi connectivity index (χ0n) is 8.44. The van der Waals surface area contributed by atoms with Crippen LogP contribution in [0.15, 0.2) is 48.4 Å². The third-order valence-corrected chi connectivity index (χ3v) is 2.48. The summed E-state index contributed by atoms with van der Waals surface area (Å²) in [4.78, 5) is 14.9. The van der Waals surface area contributed by atoms with Crippen molar-refractivity contribution in [1.29, 1.82) is 0 Å². The van der Waals surface area contributed by atoms with Gasteiger partial charge >= 0.3 is 0 Å². The largest absolute Gasteiger partial charge is 0.452 e. The molecule has 1 N–H and O–H groups in total. The maximum absolute atomic E-state index is 11.9. The molecule has 1 aromatic heterocycles. The van der Waals surface area contributed by atoms with Gasteiger partial charge in [-0.25, -0.2) is 0 Å². The van der Waals surface area contributed by atoms with Crippen LogP contribution >= 0.6 is 0 Å². The SMILES string of the molecule is O=C1C(=Cc2ccc[nH]2)Oc2ccccc21. The van der Waals surface area contributed by atoms with Crippen LogP contribution in [-0.2, 0) is 0 Å². The van der Waals surface area contributed by atoms with E-state index in [-0.39, 0.29) is 5.78 Å². The number of allylic oxidation sites excluding steroid dienone is 1. The Morgan fingerprint density at radius 1 is 1.12 bits per heavy atom. The molecular formula is C13H9NO2. The molecule has 0 saturated heterocycles. The van der Waals surface area contributed by atoms with E-state index in [0.29, 0.717) is 17.1 Å². The highest BCUT2D eigenvalue weighted by molar-refractivity contribution is 6.14. The number of benzene rings is 1. The van der Waals surface area contributed by atoms with Crippen LogP contribution in [0.3, 0.4) is 0 Å². The van der Waals surface area contributed by atoms with Crippen LogP contribution in [0.25, 0.3) is 6.08 Å². The summed E-state index contributed by atoms with van der Waals surface area (Å²) in [7, 11) is 0. The van der Waals surface area contributed by atoms with Crippen molar-refractivity contribution < 1.29 is 9.53 Å². The lowest BCUT2D eigenvalue weighted by Gasteiger charge is -1.95. The van der Waals surface area contributed by atoms with Gasteiger partial charge in [-0.2, -0.15) is 0 Å². The van der Waals surface area contributed by atoms with Crippen LogP contribution < -0.4 is 4.74 Å². The Morgan fingerprint density at radius 2 is 2.00 bits per heavy atom. The molecule has 0 aliphatic carbocycles. The first-order valence-corrected chi connectivity index (χ1v) is 5.01. The van der Waals surface area contributed by atoms with Crippen LogP contribution in [0.5, 0.6) is 5.75 Å². The molecule has 1 aromatic carbocycles. The number of H-pyrrole nitrogens is 1. The van der Waals surface area contributed by atoms with Crippen molar-refractivity contribution in [2.24, 2.45) is 0 Å². The fourth-order valence-corrected chi connectivity index (χ4v) is 1.71. The van der Waals surface area contributed by atoms with Crippen molar-refractivity contribution in [3.63, 3.8) is 0 Å². The number of hydrogen-bond donors (Lipinski definition) is 1. The number of aromatic nitrogens is 1. The van der Waals surface area contributed by atoms with E-state index in [1.807, 2.05) is 24.3 Å². The molecule has 3 nitrogen and oxygen atoms in total. The summed E-state index contributed by atoms with van der Waals surface area (Å²) in [6.45, 7) is 0. The standard InChI is InChI=1S/C13H9NO2/c15-13-10-5-1-2-6-11(10)16-12(13)8-9-4-3-7-14-9/h1-8,14H. The summed E-state index contributed by atoms with van der Waals surface area (Å²) >= 11 is 0. The molecule has 0 bridgehead atoms. The molecule has 1 aliphatic rings. The zero-order chi connectivity index (χ0) is 11.0. The third kappa shape index (κ3) is 1.34. The highest BCUT2D eigenvalue weighted by Gasteiger charge is 2.26. The highest BCUT2D eigenvalue weighted by Crippen LogP contribution is 2.30. The van der Waals surface area contributed by atoms with Crippen molar-refractivity contribution in [3.8, 4) is 5.75 Å². The van der Waals surface area contributed by atoms with Gasteiger partial charge in [-0.3, -0.25) is 4.79 Å². The maximum Gasteiger partial charge on any atom is 0.232 e. The molecule has 16 heavy (non-hydrogen) atoms. The fourth-order valence-electron chi connectivity index (χ4n) is 1.71. The highest BCUT2D eigenvalue weighted by atomic mass is 16.5. The lowest BCUT2D eigenvalue weighted by Crippen LogP contribution is -1.97. The predicted octanol–water partition coefficient (Wildman–Crippen LogP) is 2.63. The minimum Gasteiger partial charge on any atom is -0.452 e. The van der Waals surface area contributed by atoms with Gasteiger partial charge in [0.25, 0.3) is 0 Å². The number of para-hydroxylation sites is 1. The molecule has 1 aliphatic heterocycles. The molecule has 78 valence electrons. The number of ether oxygens (including phenoxy) is 1. The van der Waals surface area contributed by atoms with Crippen molar-refractivity contribution in [2.45, 2.75) is 0 Å². The van der Waals surface area contributed by atoms with Gasteiger partial charge in [0.2, 0.25) is 5.78 Å². The van der Waals surface area contributed by atoms with Crippen molar-refractivity contribution >= 4 is 11.9 Å². The molecule has 0 atom stereocenters. The molecule has 2 heterocycles. The second-order valence-electron chi connectivity index (χ2n) is 3.56. The number of ketones is 1. The van der Waals surface area contributed by atoms with Gasteiger partial charge in [0.05, 0.1) is 5.56 Å². The average molecular weight is 211 g/mol. The molecule has 0 saturated carbocycles. The summed E-state index contributed by atoms with van der Waals surface area (Å²) in [6, 6.07) is 11.0. The Kier molecular flexibility index (Phi) is 1.90. The number of aromatic amines is 1. The molecule has 3 heteroatoms. The second-order valence-corrected chi connectivity index (χ2v) is 3.56. The van der Waals surface area contributed by atoms with Crippen molar-refractivity contribution in [1.82, 2.24) is 4.98 Å². The summed E-state index contributed by atoms with van der Waals surface area (Å²) in [5.74, 6) is 0.930. The van der Waals surface area contributed by atoms with E-state index in [2.05, 4.69) is 4.98 Å². The quantitative estimate of drug-likeness (QED) is 0.737. The molecule has 0 unspecified atom stereocenters. The van der Waals surface area contributed by atoms with E-state index in [0.717, 1.165) is 5.69 Å². The first-order chi connectivity index (χ1) is 7.84. The van der Waals surface area contributed by atoms with Crippen LogP contribution in [0.4, 0.5) is 0 Å². The topological polar surface area (TPSA) is 42.1 Å². The monoisotopic (exact) mass is 211 g/mol. The lowest BCUT2D eigenvalue weighted by atomic mass is 10.1. The lowest BCUT2D eigenvalue weighted by molar-refractivity contribution is 0.101. The molecule has 0 spiro atoms. The normalized spacial score (nSPS) is 16.2. The third-order valence-electron chi connectivity index (χ3n) is 2.48. The molecule has 2 aromatic rings. The van der Waals surface area contributed by atoms with Gasteiger partial charge in [0.1, 0.15) is 5.75 Å². The number of carbonyl (C=O) groups is 1. The molecule has 0 amide bonds. The van der Waals surface area contributed by atoms with Gasteiger partial charge in [0, 0.05) is 18.0 Å². The van der Waals surface area contributed by atoms with Crippen LogP contribution in [0.2, 0.25) is 0 Å². The van der Waals surface area contributed by atoms with E-state index in [1.165, 1.54) is 0 Å². The van der Waals surface area contributed by atoms with Gasteiger partial charge in [0.15, 0.2) is 5.76 Å². The fraction of sp³-hybridized carbons (Fsp3) is 0. The van der Waals surface area contributed by atoms with E-state index in [4.69, 9.17) is 4.74 Å². The number of nitrogens with one attached hydrogen (secondary N) is 1. The van der Waals surface area contributed by atoms with Gasteiger partial charge < -0.3 is 9.72 Å². The molecular weight excluding hydrogens is 202 g/mol. The minimum absolute atomic E-state index is 0.0646. The number of carbonyl (C=O) groups excluding carboxylic acids is 1. The van der Waals surface area contributed by atoms with E-state index in [9.17, 15) is 4.79 Å². The van der Waals surface area contributed by atoms with Crippen LogP contribution in [-0.4, -0.2) is 10.8 Å². The Balaban J connectivity index is 2.02. The predicted molar refractivity (Wildman–Crippen MR) is 60.2 cm³/mol. The summed E-state index contributed by atoms with van der Waals surface area (Å²) in [5, 5.41) is 0. The van der Waals surface area contributed by atoms with Gasteiger partial charge in [-0.1, -0.05) is 12.1 Å². The minimum atomic E-state index is -0.0646. The summed E-state index contributed by atoms with van der Waals surface area (Å²) < 4.78 is 5.48. The number of fused-ring (bicyclic) bond motifs is 1. The second kappa shape index (κ2) is 3.38. The van der Waals surface area contributed by atoms with Crippen LogP contribution in [0.1, 0.15) is 16.1 Å². The van der Waals surface area contributed by atoms with Gasteiger partial charge in [-0.05, 0) is 24.3 Å². The first kappa shape index (κ1) is 8.97. The van der Waals surface area contributed by atoms with Gasteiger partial charge in [-0.15, -0.1) is 0 Å². The Labute approximate surface area is 92.4 Å². The van der Waals surface area contributed by atoms with E-state index < -0.39 is 0 Å². The molecule has 0 fully saturated rings. The number of rotatable bonds is 1. The number of Topliss-reactive ketones (excluding diaryl/α,β-unsaturated/α-hetero) is 1. The smallest absolute Gasteiger partial charge is 0.232 e. The maximum atomic E-state index is 11.9. The zero-order valence-corrected chi connectivity index (χ0v) is 8.44. The average Bonchev–Trinajstić information content (AvgIpc) is 2.90. The van der Waals surface area contributed by atoms with Crippen molar-refractivity contribution in [2.75, 3.05) is 0 Å². The summed E-state index contributed by atoms with van der Waals surface area (Å²) in [6.07, 6.45) is 3.52. The van der Waals surface area contributed by atoms with Crippen molar-refractivity contribution in [3.05, 3.63) is 59.6 Å². The van der Waals surface area contributed by atoms with Crippen LogP contribution in [0, 0.1) is 0 Å². The summed E-state index contributed by atoms with van der Waals surface area (Å²) in [5.41, 5.74) is 1.48. The Morgan fingerprint density at radius 3 is 2.75 bits per heavy atom. The molecule has 3 rings (SSSR count).